The summed E-state index contributed by atoms with van der Waals surface area (Å²) in [4.78, 5) is 10.7. The third kappa shape index (κ3) is 5.41. The predicted octanol–water partition coefficient (Wildman–Crippen LogP) is -0.0129. The molecule has 0 saturated carbocycles. The summed E-state index contributed by atoms with van der Waals surface area (Å²) in [6.45, 7) is 2.39. The van der Waals surface area contributed by atoms with Crippen LogP contribution in [0.25, 0.3) is 0 Å². The van der Waals surface area contributed by atoms with E-state index >= 15 is 0 Å². The molecular formula is C14H22N4O3. The Morgan fingerprint density at radius 1 is 1.33 bits per heavy atom. The molecule has 1 atom stereocenters. The van der Waals surface area contributed by atoms with Crippen molar-refractivity contribution in [1.29, 1.82) is 5.41 Å². The predicted molar refractivity (Wildman–Crippen MR) is 80.6 cm³/mol. The van der Waals surface area contributed by atoms with E-state index in [2.05, 4.69) is 5.32 Å². The van der Waals surface area contributed by atoms with Gasteiger partial charge in [0.15, 0.2) is 0 Å². The van der Waals surface area contributed by atoms with Crippen LogP contribution in [0.2, 0.25) is 0 Å². The first-order valence-electron chi connectivity index (χ1n) is 6.69. The molecule has 0 bridgehead atoms. The van der Waals surface area contributed by atoms with Crippen LogP contribution in [0, 0.1) is 11.3 Å². The number of nitrogens with two attached hydrogens (primary N) is 2. The highest BCUT2D eigenvalue weighted by Crippen LogP contribution is 2.13. The number of hydrogen-bond acceptors (Lipinski definition) is 5. The molecule has 1 rings (SSSR count). The molecule has 0 spiro atoms. The quantitative estimate of drug-likeness (QED) is 0.338. The van der Waals surface area contributed by atoms with Gasteiger partial charge in [-0.25, -0.2) is 0 Å². The molecule has 0 aromatic heterocycles. The molecule has 0 aliphatic carbocycles. The molecule has 0 radical (unpaired) electrons. The number of aliphatic carboxylic acids is 1. The standard InChI is InChI=1S/C14H22N4O3/c1-9(14(19)20)8-21-12-4-2-10(3-5-12)13(17)18-11(6-15)7-16/h2-5,9,11H,6-8,15-16H2,1H3,(H2,17,18)(H,19,20)/t9-/m1/s1. The van der Waals surface area contributed by atoms with Gasteiger partial charge in [-0.15, -0.1) is 0 Å². The lowest BCUT2D eigenvalue weighted by Gasteiger charge is -2.17. The molecule has 0 aliphatic rings. The maximum Gasteiger partial charge on any atom is 0.309 e. The zero-order valence-electron chi connectivity index (χ0n) is 12.0. The Balaban J connectivity index is 2.57. The van der Waals surface area contributed by atoms with Crippen LogP contribution in [0.15, 0.2) is 24.3 Å². The molecule has 1 aromatic carbocycles. The van der Waals surface area contributed by atoms with E-state index in [9.17, 15) is 4.79 Å². The summed E-state index contributed by atoms with van der Waals surface area (Å²) in [6.07, 6.45) is 0. The minimum Gasteiger partial charge on any atom is -0.493 e. The van der Waals surface area contributed by atoms with Crippen LogP contribution in [0.3, 0.4) is 0 Å². The zero-order valence-corrected chi connectivity index (χ0v) is 12.0. The summed E-state index contributed by atoms with van der Waals surface area (Å²) < 4.78 is 5.38. The summed E-state index contributed by atoms with van der Waals surface area (Å²) in [6, 6.07) is 6.70. The fourth-order valence-electron chi connectivity index (χ4n) is 1.51. The van der Waals surface area contributed by atoms with Gasteiger partial charge in [0.25, 0.3) is 0 Å². The highest BCUT2D eigenvalue weighted by Gasteiger charge is 2.12. The van der Waals surface area contributed by atoms with Crippen LogP contribution in [0.5, 0.6) is 5.75 Å². The van der Waals surface area contributed by atoms with E-state index in [1.807, 2.05) is 0 Å². The molecule has 0 saturated heterocycles. The van der Waals surface area contributed by atoms with Crippen LogP contribution in [-0.4, -0.2) is 42.6 Å². The van der Waals surface area contributed by atoms with Crippen molar-refractivity contribution in [3.8, 4) is 5.75 Å². The van der Waals surface area contributed by atoms with E-state index in [1.165, 1.54) is 0 Å². The molecule has 1 aromatic rings. The average Bonchev–Trinajstić information content (AvgIpc) is 2.50. The SMILES string of the molecule is C[C@H](COc1ccc(C(=N)NC(CN)CN)cc1)C(=O)O. The number of carbonyl (C=O) groups is 1. The molecule has 7 nitrogen and oxygen atoms in total. The first-order chi connectivity index (χ1) is 9.97. The summed E-state index contributed by atoms with van der Waals surface area (Å²) in [7, 11) is 0. The van der Waals surface area contributed by atoms with Gasteiger partial charge in [0.1, 0.15) is 18.2 Å². The molecule has 21 heavy (non-hydrogen) atoms. The lowest BCUT2D eigenvalue weighted by atomic mass is 10.1. The molecule has 7 N–H and O–H groups in total. The van der Waals surface area contributed by atoms with Gasteiger partial charge >= 0.3 is 5.97 Å². The number of nitrogens with one attached hydrogen (secondary N) is 2. The number of hydrogen-bond donors (Lipinski definition) is 5. The van der Waals surface area contributed by atoms with Gasteiger partial charge in [-0.1, -0.05) is 0 Å². The Kier molecular flexibility index (Phi) is 6.64. The van der Waals surface area contributed by atoms with Gasteiger partial charge in [0.05, 0.1) is 12.0 Å². The largest absolute Gasteiger partial charge is 0.493 e. The summed E-state index contributed by atoms with van der Waals surface area (Å²) >= 11 is 0. The van der Waals surface area contributed by atoms with Crippen LogP contribution in [0.1, 0.15) is 12.5 Å². The maximum atomic E-state index is 10.7. The second-order valence-corrected chi connectivity index (χ2v) is 4.76. The highest BCUT2D eigenvalue weighted by molar-refractivity contribution is 5.96. The van der Waals surface area contributed by atoms with Crippen molar-refractivity contribution in [2.75, 3.05) is 19.7 Å². The Morgan fingerprint density at radius 3 is 2.38 bits per heavy atom. The van der Waals surface area contributed by atoms with Gasteiger partial charge in [-0.2, -0.15) is 0 Å². The molecule has 0 fully saturated rings. The number of benzene rings is 1. The van der Waals surface area contributed by atoms with Crippen LogP contribution >= 0.6 is 0 Å². The minimum atomic E-state index is -0.896. The topological polar surface area (TPSA) is 134 Å². The fourth-order valence-corrected chi connectivity index (χ4v) is 1.51. The monoisotopic (exact) mass is 294 g/mol. The van der Waals surface area contributed by atoms with Crippen LogP contribution < -0.4 is 21.5 Å². The highest BCUT2D eigenvalue weighted by atomic mass is 16.5. The van der Waals surface area contributed by atoms with Crippen molar-refractivity contribution in [2.45, 2.75) is 13.0 Å². The Hall–Kier alpha value is -2.12. The van der Waals surface area contributed by atoms with Gasteiger partial charge < -0.3 is 26.6 Å². The molecule has 0 unspecified atom stereocenters. The number of carboxylic acids is 1. The van der Waals surface area contributed by atoms with Crippen molar-refractivity contribution in [2.24, 2.45) is 17.4 Å². The molecule has 116 valence electrons. The van der Waals surface area contributed by atoms with Crippen molar-refractivity contribution in [3.63, 3.8) is 0 Å². The average molecular weight is 294 g/mol. The van der Waals surface area contributed by atoms with Gasteiger partial charge in [-0.3, -0.25) is 10.2 Å². The maximum absolute atomic E-state index is 10.7. The van der Waals surface area contributed by atoms with Gasteiger partial charge in [0.2, 0.25) is 0 Å². The third-order valence-corrected chi connectivity index (χ3v) is 2.98. The van der Waals surface area contributed by atoms with E-state index in [0.29, 0.717) is 24.4 Å². The van der Waals surface area contributed by atoms with E-state index in [0.717, 1.165) is 0 Å². The van der Waals surface area contributed by atoms with Crippen molar-refractivity contribution in [1.82, 2.24) is 5.32 Å². The number of amidine groups is 1. The first kappa shape index (κ1) is 16.9. The zero-order chi connectivity index (χ0) is 15.8. The number of rotatable bonds is 8. The second-order valence-electron chi connectivity index (χ2n) is 4.76. The first-order valence-corrected chi connectivity index (χ1v) is 6.69. The molecule has 0 heterocycles. The smallest absolute Gasteiger partial charge is 0.309 e. The van der Waals surface area contributed by atoms with Crippen LogP contribution in [0.4, 0.5) is 0 Å². The Labute approximate surface area is 123 Å². The van der Waals surface area contributed by atoms with Crippen molar-refractivity contribution < 1.29 is 14.6 Å². The lowest BCUT2D eigenvalue weighted by Crippen LogP contribution is -2.45. The normalized spacial score (nSPS) is 12.0. The second kappa shape index (κ2) is 8.23. The molecule has 0 aliphatic heterocycles. The fraction of sp³-hybridized carbons (Fsp3) is 0.429. The summed E-state index contributed by atoms with van der Waals surface area (Å²) in [5.74, 6) is -0.665. The Bertz CT molecular complexity index is 472. The van der Waals surface area contributed by atoms with E-state index in [4.69, 9.17) is 26.7 Å². The number of carboxylic acid groups (broad SMARTS) is 1. The summed E-state index contributed by atoms with van der Waals surface area (Å²) in [5, 5.41) is 19.6. The molecular weight excluding hydrogens is 272 g/mol. The van der Waals surface area contributed by atoms with E-state index < -0.39 is 11.9 Å². The van der Waals surface area contributed by atoms with E-state index in [-0.39, 0.29) is 18.5 Å². The number of ether oxygens (including phenoxy) is 1. The van der Waals surface area contributed by atoms with Crippen LogP contribution in [-0.2, 0) is 4.79 Å². The van der Waals surface area contributed by atoms with Gasteiger partial charge in [0, 0.05) is 18.7 Å². The molecule has 7 heteroatoms. The minimum absolute atomic E-state index is 0.104. The third-order valence-electron chi connectivity index (χ3n) is 2.98. The van der Waals surface area contributed by atoms with Crippen molar-refractivity contribution >= 4 is 11.8 Å². The Morgan fingerprint density at radius 2 is 1.90 bits per heavy atom. The lowest BCUT2D eigenvalue weighted by molar-refractivity contribution is -0.142. The summed E-state index contributed by atoms with van der Waals surface area (Å²) in [5.41, 5.74) is 11.7. The van der Waals surface area contributed by atoms with Crippen molar-refractivity contribution in [3.05, 3.63) is 29.8 Å². The molecule has 0 amide bonds. The van der Waals surface area contributed by atoms with Gasteiger partial charge in [-0.05, 0) is 31.2 Å². The van der Waals surface area contributed by atoms with E-state index in [1.54, 1.807) is 31.2 Å².